The lowest BCUT2D eigenvalue weighted by atomic mass is 10.1. The van der Waals surface area contributed by atoms with Gasteiger partial charge in [0.1, 0.15) is 24.4 Å². The third kappa shape index (κ3) is 10.5. The van der Waals surface area contributed by atoms with Gasteiger partial charge in [-0.25, -0.2) is 4.99 Å². The number of carboxylic acids is 1. The number of carbonyl (C=O) groups excluding carboxylic acids is 4. The number of guanidine groups is 1. The number of nitrogens with two attached hydrogens (primary N) is 3. The van der Waals surface area contributed by atoms with Crippen molar-refractivity contribution in [3.63, 3.8) is 0 Å². The minimum Gasteiger partial charge on any atom is -0.481 e. The van der Waals surface area contributed by atoms with Gasteiger partial charge >= 0.3 is 5.97 Å². The zero-order valence-electron chi connectivity index (χ0n) is 17.6. The van der Waals surface area contributed by atoms with Gasteiger partial charge in [0.2, 0.25) is 17.7 Å². The molecule has 0 bridgehead atoms. The predicted octanol–water partition coefficient (Wildman–Crippen LogP) is -2.72. The topological polar surface area (TPSA) is 232 Å². The summed E-state index contributed by atoms with van der Waals surface area (Å²) in [5, 5.41) is 15.9. The molecule has 1 aromatic rings. The van der Waals surface area contributed by atoms with Gasteiger partial charge in [0.05, 0.1) is 19.5 Å². The van der Waals surface area contributed by atoms with E-state index in [1.54, 1.807) is 30.3 Å². The first-order valence-corrected chi connectivity index (χ1v) is 9.71. The van der Waals surface area contributed by atoms with Crippen LogP contribution in [0.3, 0.4) is 0 Å². The van der Waals surface area contributed by atoms with E-state index in [4.69, 9.17) is 22.3 Å². The Labute approximate surface area is 189 Å². The highest BCUT2D eigenvalue weighted by Gasteiger charge is 2.26. The lowest BCUT2D eigenvalue weighted by Crippen LogP contribution is -2.52. The molecule has 0 saturated carbocycles. The van der Waals surface area contributed by atoms with Crippen LogP contribution in [0.25, 0.3) is 0 Å². The van der Waals surface area contributed by atoms with Crippen LogP contribution in [0.5, 0.6) is 0 Å². The van der Waals surface area contributed by atoms with Crippen molar-refractivity contribution in [1.82, 2.24) is 16.0 Å². The molecule has 13 nitrogen and oxygen atoms in total. The maximum Gasteiger partial charge on any atom is 0.305 e. The van der Waals surface area contributed by atoms with Gasteiger partial charge in [-0.1, -0.05) is 42.5 Å². The molecule has 0 aliphatic heterocycles. The van der Waals surface area contributed by atoms with Crippen LogP contribution >= 0.6 is 0 Å². The number of nitrogens with zero attached hydrogens (tertiary/aromatic N) is 1. The van der Waals surface area contributed by atoms with Crippen LogP contribution in [0.4, 0.5) is 0 Å². The summed E-state index contributed by atoms with van der Waals surface area (Å²) in [7, 11) is 0. The summed E-state index contributed by atoms with van der Waals surface area (Å²) in [6, 6.07) is 4.66. The van der Waals surface area contributed by atoms with Gasteiger partial charge in [-0.2, -0.15) is 0 Å². The first-order valence-electron chi connectivity index (χ1n) is 9.71. The van der Waals surface area contributed by atoms with E-state index in [2.05, 4.69) is 20.9 Å². The summed E-state index contributed by atoms with van der Waals surface area (Å²) in [5.74, 6) is -3.89. The monoisotopic (exact) mass is 461 g/mol. The Morgan fingerprint density at radius 3 is 2.30 bits per heavy atom. The van der Waals surface area contributed by atoms with Crippen LogP contribution in [0.2, 0.25) is 0 Å². The second-order valence-electron chi connectivity index (χ2n) is 6.69. The van der Waals surface area contributed by atoms with Gasteiger partial charge in [0.15, 0.2) is 5.96 Å². The molecule has 0 fully saturated rings. The Kier molecular flexibility index (Phi) is 11.3. The van der Waals surface area contributed by atoms with Gasteiger partial charge in [0, 0.05) is 0 Å². The average molecular weight is 461 g/mol. The lowest BCUT2D eigenvalue weighted by molar-refractivity contribution is -0.141. The molecule has 0 spiro atoms. The van der Waals surface area contributed by atoms with E-state index in [1.807, 2.05) is 0 Å². The molecule has 0 aliphatic carbocycles. The quantitative estimate of drug-likeness (QED) is 0.0698. The maximum atomic E-state index is 12.5. The van der Waals surface area contributed by atoms with Crippen molar-refractivity contribution < 1.29 is 29.1 Å². The van der Waals surface area contributed by atoms with Crippen LogP contribution in [0, 0.1) is 0 Å². The number of carboxylic acid groups (broad SMARTS) is 1. The van der Waals surface area contributed by atoms with E-state index in [0.717, 1.165) is 0 Å². The SMILES string of the molecule is NC(N)=NC/C=C/[C@H](N)C(=O)NCC(=O)N[C@@H](CC(=O)O)C(=O)N[C@H](C=O)c1ccccc1. The number of hydrogen-bond acceptors (Lipinski definition) is 7. The van der Waals surface area contributed by atoms with Gasteiger partial charge in [0.25, 0.3) is 0 Å². The molecule has 33 heavy (non-hydrogen) atoms. The maximum absolute atomic E-state index is 12.5. The molecule has 13 heteroatoms. The highest BCUT2D eigenvalue weighted by Crippen LogP contribution is 2.10. The van der Waals surface area contributed by atoms with Crippen molar-refractivity contribution in [1.29, 1.82) is 0 Å². The van der Waals surface area contributed by atoms with Crippen molar-refractivity contribution in [2.45, 2.75) is 24.5 Å². The van der Waals surface area contributed by atoms with Crippen LogP contribution in [-0.2, 0) is 24.0 Å². The highest BCUT2D eigenvalue weighted by atomic mass is 16.4. The number of aliphatic carboxylic acids is 1. The molecule has 0 aliphatic rings. The molecule has 0 aromatic heterocycles. The van der Waals surface area contributed by atoms with Crippen molar-refractivity contribution in [3.8, 4) is 0 Å². The Hall–Kier alpha value is -4.26. The normalized spacial score (nSPS) is 13.2. The molecule has 0 saturated heterocycles. The van der Waals surface area contributed by atoms with Gasteiger partial charge in [-0.15, -0.1) is 0 Å². The minimum absolute atomic E-state index is 0.112. The van der Waals surface area contributed by atoms with E-state index >= 15 is 0 Å². The summed E-state index contributed by atoms with van der Waals surface area (Å²) < 4.78 is 0. The molecule has 0 heterocycles. The second-order valence-corrected chi connectivity index (χ2v) is 6.69. The number of aldehydes is 1. The first-order chi connectivity index (χ1) is 15.6. The lowest BCUT2D eigenvalue weighted by Gasteiger charge is -2.20. The summed E-state index contributed by atoms with van der Waals surface area (Å²) in [4.78, 5) is 62.8. The number of rotatable bonds is 13. The largest absolute Gasteiger partial charge is 0.481 e. The summed E-state index contributed by atoms with van der Waals surface area (Å²) in [6.07, 6.45) is 2.52. The molecule has 178 valence electrons. The number of hydrogen-bond donors (Lipinski definition) is 7. The fourth-order valence-corrected chi connectivity index (χ4v) is 2.48. The van der Waals surface area contributed by atoms with E-state index in [0.29, 0.717) is 11.8 Å². The molecular weight excluding hydrogens is 434 g/mol. The molecule has 0 unspecified atom stereocenters. The fourth-order valence-electron chi connectivity index (χ4n) is 2.48. The summed E-state index contributed by atoms with van der Waals surface area (Å²) in [5.41, 5.74) is 16.4. The number of aliphatic imine (C=N–C) groups is 1. The van der Waals surface area contributed by atoms with E-state index < -0.39 is 54.8 Å². The third-order valence-corrected chi connectivity index (χ3v) is 4.07. The molecule has 1 aromatic carbocycles. The number of amides is 3. The average Bonchev–Trinajstić information content (AvgIpc) is 2.78. The summed E-state index contributed by atoms with van der Waals surface area (Å²) in [6.45, 7) is -0.450. The van der Waals surface area contributed by atoms with Crippen LogP contribution < -0.4 is 33.2 Å². The van der Waals surface area contributed by atoms with E-state index in [1.165, 1.54) is 12.2 Å². The Balaban J connectivity index is 2.66. The Morgan fingerprint density at radius 2 is 1.73 bits per heavy atom. The summed E-state index contributed by atoms with van der Waals surface area (Å²) >= 11 is 0. The van der Waals surface area contributed by atoms with Gasteiger partial charge in [-0.3, -0.25) is 19.2 Å². The second kappa shape index (κ2) is 13.9. The minimum atomic E-state index is -1.48. The molecule has 0 radical (unpaired) electrons. The molecule has 3 atom stereocenters. The van der Waals surface area contributed by atoms with Crippen LogP contribution in [-0.4, -0.2) is 66.2 Å². The van der Waals surface area contributed by atoms with Crippen LogP contribution in [0.1, 0.15) is 18.0 Å². The van der Waals surface area contributed by atoms with Crippen molar-refractivity contribution in [3.05, 3.63) is 48.0 Å². The Bertz CT molecular complexity index is 899. The third-order valence-electron chi connectivity index (χ3n) is 4.07. The van der Waals surface area contributed by atoms with E-state index in [-0.39, 0.29) is 12.5 Å². The van der Waals surface area contributed by atoms with Gasteiger partial charge < -0.3 is 43.1 Å². The smallest absolute Gasteiger partial charge is 0.305 e. The molecule has 10 N–H and O–H groups in total. The van der Waals surface area contributed by atoms with Crippen molar-refractivity contribution in [2.75, 3.05) is 13.1 Å². The van der Waals surface area contributed by atoms with Crippen molar-refractivity contribution >= 4 is 35.9 Å². The number of benzene rings is 1. The van der Waals surface area contributed by atoms with Crippen LogP contribution in [0.15, 0.2) is 47.5 Å². The molecule has 1 rings (SSSR count). The highest BCUT2D eigenvalue weighted by molar-refractivity contribution is 5.94. The number of nitrogens with one attached hydrogen (secondary N) is 3. The molecular formula is C20H27N7O6. The fraction of sp³-hybridized carbons (Fsp3) is 0.300. The molecule has 3 amide bonds. The zero-order valence-corrected chi connectivity index (χ0v) is 17.6. The Morgan fingerprint density at radius 1 is 1.06 bits per heavy atom. The predicted molar refractivity (Wildman–Crippen MR) is 118 cm³/mol. The van der Waals surface area contributed by atoms with Crippen molar-refractivity contribution in [2.24, 2.45) is 22.2 Å². The van der Waals surface area contributed by atoms with Gasteiger partial charge in [-0.05, 0) is 5.56 Å². The first kappa shape index (κ1) is 26.8. The standard InChI is InChI=1S/C20H27N7O6/c21-13(7-4-8-24-20(22)23)18(32)25-10-16(29)26-14(9-17(30)31)19(33)27-15(11-28)12-5-2-1-3-6-12/h1-7,11,13-15H,8-10,21H2,(H,25,32)(H,26,29)(H,27,33)(H,30,31)(H4,22,23,24)/b7-4+/t13-,14-,15+/m0/s1. The zero-order chi connectivity index (χ0) is 24.8. The van der Waals surface area contributed by atoms with E-state index in [9.17, 15) is 24.0 Å². The number of carbonyl (C=O) groups is 5.